The quantitative estimate of drug-likeness (QED) is 0.735. The number of halogens is 1. The molecule has 1 amide bonds. The van der Waals surface area contributed by atoms with Crippen LogP contribution in [0, 0.1) is 0 Å². The third-order valence-corrected chi connectivity index (χ3v) is 1.72. The summed E-state index contributed by atoms with van der Waals surface area (Å²) < 4.78 is 0. The van der Waals surface area contributed by atoms with Gasteiger partial charge in [-0.1, -0.05) is 11.6 Å². The number of nitrogens with two attached hydrogens (primary N) is 1. The normalized spacial score (nSPS) is 11.1. The van der Waals surface area contributed by atoms with Crippen LogP contribution < -0.4 is 11.1 Å². The topological polar surface area (TPSA) is 55.1 Å². The number of anilines is 1. The highest BCUT2D eigenvalue weighted by Gasteiger charge is 1.97. The third-order valence-electron chi connectivity index (χ3n) is 1.47. The summed E-state index contributed by atoms with van der Waals surface area (Å²) >= 11 is 5.69. The average Bonchev–Trinajstić information content (AvgIpc) is 2.07. The van der Waals surface area contributed by atoms with Gasteiger partial charge in [0.05, 0.1) is 0 Å². The van der Waals surface area contributed by atoms with Gasteiger partial charge in [0.2, 0.25) is 5.91 Å². The fraction of sp³-hybridized carbons (Fsp3) is 0.100. The zero-order valence-electron chi connectivity index (χ0n) is 7.75. The molecule has 0 spiro atoms. The molecule has 0 fully saturated rings. The number of benzene rings is 1. The fourth-order valence-corrected chi connectivity index (χ4v) is 1.04. The lowest BCUT2D eigenvalue weighted by Crippen LogP contribution is -2.10. The van der Waals surface area contributed by atoms with Gasteiger partial charge in [-0.25, -0.2) is 0 Å². The monoisotopic (exact) mass is 210 g/mol. The minimum absolute atomic E-state index is 0.243. The van der Waals surface area contributed by atoms with Gasteiger partial charge >= 0.3 is 0 Å². The molecule has 1 aromatic rings. The summed E-state index contributed by atoms with van der Waals surface area (Å²) in [6.45, 7) is 1.65. The average molecular weight is 211 g/mol. The van der Waals surface area contributed by atoms with Crippen LogP contribution in [-0.2, 0) is 4.79 Å². The van der Waals surface area contributed by atoms with Gasteiger partial charge in [0.15, 0.2) is 0 Å². The predicted molar refractivity (Wildman–Crippen MR) is 58.0 cm³/mol. The van der Waals surface area contributed by atoms with Crippen molar-refractivity contribution in [3.8, 4) is 0 Å². The lowest BCUT2D eigenvalue weighted by atomic mass is 10.3. The molecule has 4 heteroatoms. The second-order valence-electron chi connectivity index (χ2n) is 2.88. The molecule has 0 atom stereocenters. The van der Waals surface area contributed by atoms with E-state index in [0.717, 1.165) is 0 Å². The summed E-state index contributed by atoms with van der Waals surface area (Å²) in [5, 5.41) is 3.28. The Morgan fingerprint density at radius 3 is 2.50 bits per heavy atom. The SMILES string of the molecule is CC(N)=CC(=O)Nc1ccc(Cl)cc1. The molecule has 3 nitrogen and oxygen atoms in total. The molecule has 0 aliphatic heterocycles. The molecular weight excluding hydrogens is 200 g/mol. The Balaban J connectivity index is 2.66. The Morgan fingerprint density at radius 1 is 1.43 bits per heavy atom. The number of amides is 1. The molecule has 0 aliphatic rings. The van der Waals surface area contributed by atoms with Crippen molar-refractivity contribution < 1.29 is 4.79 Å². The van der Waals surface area contributed by atoms with Gasteiger partial charge in [0.25, 0.3) is 0 Å². The highest BCUT2D eigenvalue weighted by Crippen LogP contribution is 2.13. The van der Waals surface area contributed by atoms with Crippen molar-refractivity contribution in [3.05, 3.63) is 41.1 Å². The zero-order chi connectivity index (χ0) is 10.6. The van der Waals surface area contributed by atoms with Gasteiger partial charge in [-0.15, -0.1) is 0 Å². The first kappa shape index (κ1) is 10.6. The number of rotatable bonds is 2. The number of nitrogens with one attached hydrogen (secondary N) is 1. The van der Waals surface area contributed by atoms with Gasteiger partial charge in [-0.2, -0.15) is 0 Å². The van der Waals surface area contributed by atoms with Crippen molar-refractivity contribution in [1.29, 1.82) is 0 Å². The van der Waals surface area contributed by atoms with E-state index in [0.29, 0.717) is 16.4 Å². The van der Waals surface area contributed by atoms with Gasteiger partial charge < -0.3 is 11.1 Å². The molecule has 0 aliphatic carbocycles. The smallest absolute Gasteiger partial charge is 0.250 e. The summed E-state index contributed by atoms with van der Waals surface area (Å²) in [5.74, 6) is -0.243. The van der Waals surface area contributed by atoms with Gasteiger partial charge in [0.1, 0.15) is 0 Å². The molecule has 1 aromatic carbocycles. The van der Waals surface area contributed by atoms with Crippen molar-refractivity contribution in [2.24, 2.45) is 5.73 Å². The van der Waals surface area contributed by atoms with Gasteiger partial charge in [-0.05, 0) is 31.2 Å². The summed E-state index contributed by atoms with van der Waals surface area (Å²) in [7, 11) is 0. The van der Waals surface area contributed by atoms with E-state index in [1.165, 1.54) is 6.08 Å². The van der Waals surface area contributed by atoms with Gasteiger partial charge in [-0.3, -0.25) is 4.79 Å². The third kappa shape index (κ3) is 3.49. The minimum Gasteiger partial charge on any atom is -0.402 e. The molecule has 0 radical (unpaired) electrons. The van der Waals surface area contributed by atoms with E-state index in [9.17, 15) is 4.79 Å². The van der Waals surface area contributed by atoms with Crippen LogP contribution >= 0.6 is 11.6 Å². The number of hydrogen-bond donors (Lipinski definition) is 2. The Kier molecular flexibility index (Phi) is 3.54. The lowest BCUT2D eigenvalue weighted by molar-refractivity contribution is -0.111. The molecule has 0 unspecified atom stereocenters. The van der Waals surface area contributed by atoms with Crippen LogP contribution in [0.4, 0.5) is 5.69 Å². The molecule has 74 valence electrons. The highest BCUT2D eigenvalue weighted by molar-refractivity contribution is 6.30. The minimum atomic E-state index is -0.243. The first-order valence-electron chi connectivity index (χ1n) is 4.08. The second kappa shape index (κ2) is 4.67. The maximum atomic E-state index is 11.2. The largest absolute Gasteiger partial charge is 0.402 e. The van der Waals surface area contributed by atoms with Crippen LogP contribution in [0.1, 0.15) is 6.92 Å². The molecule has 0 aromatic heterocycles. The number of hydrogen-bond acceptors (Lipinski definition) is 2. The summed E-state index contributed by atoms with van der Waals surface area (Å²) in [5.41, 5.74) is 6.51. The van der Waals surface area contributed by atoms with E-state index in [1.807, 2.05) is 0 Å². The number of carbonyl (C=O) groups is 1. The van der Waals surface area contributed by atoms with Crippen molar-refractivity contribution in [1.82, 2.24) is 0 Å². The molecule has 3 N–H and O–H groups in total. The van der Waals surface area contributed by atoms with E-state index in [1.54, 1.807) is 31.2 Å². The van der Waals surface area contributed by atoms with Crippen LogP contribution in [0.25, 0.3) is 0 Å². The van der Waals surface area contributed by atoms with E-state index >= 15 is 0 Å². The Hall–Kier alpha value is -1.48. The van der Waals surface area contributed by atoms with E-state index in [-0.39, 0.29) is 5.91 Å². The number of allylic oxidation sites excluding steroid dienone is 1. The first-order chi connectivity index (χ1) is 6.58. The van der Waals surface area contributed by atoms with E-state index in [2.05, 4.69) is 5.32 Å². The summed E-state index contributed by atoms with van der Waals surface area (Å²) in [6.07, 6.45) is 1.33. The van der Waals surface area contributed by atoms with E-state index in [4.69, 9.17) is 17.3 Å². The maximum Gasteiger partial charge on any atom is 0.250 e. The number of carbonyl (C=O) groups excluding carboxylic acids is 1. The van der Waals surface area contributed by atoms with E-state index < -0.39 is 0 Å². The van der Waals surface area contributed by atoms with Crippen molar-refractivity contribution >= 4 is 23.2 Å². The van der Waals surface area contributed by atoms with Crippen LogP contribution in [0.5, 0.6) is 0 Å². The molecule has 1 rings (SSSR count). The molecule has 0 bridgehead atoms. The molecule has 0 saturated heterocycles. The zero-order valence-corrected chi connectivity index (χ0v) is 8.51. The van der Waals surface area contributed by atoms with Crippen LogP contribution in [0.3, 0.4) is 0 Å². The van der Waals surface area contributed by atoms with Crippen molar-refractivity contribution in [2.75, 3.05) is 5.32 Å². The Morgan fingerprint density at radius 2 is 2.00 bits per heavy atom. The van der Waals surface area contributed by atoms with Gasteiger partial charge in [0, 0.05) is 22.5 Å². The molecule has 0 heterocycles. The Bertz CT molecular complexity index is 353. The standard InChI is InChI=1S/C10H11ClN2O/c1-7(12)6-10(14)13-9-4-2-8(11)3-5-9/h2-6H,12H2,1H3,(H,13,14). The van der Waals surface area contributed by atoms with Crippen LogP contribution in [-0.4, -0.2) is 5.91 Å². The van der Waals surface area contributed by atoms with Crippen molar-refractivity contribution in [3.63, 3.8) is 0 Å². The highest BCUT2D eigenvalue weighted by atomic mass is 35.5. The van der Waals surface area contributed by atoms with Crippen LogP contribution in [0.2, 0.25) is 5.02 Å². The summed E-state index contributed by atoms with van der Waals surface area (Å²) in [6, 6.07) is 6.85. The Labute approximate surface area is 87.6 Å². The first-order valence-corrected chi connectivity index (χ1v) is 4.46. The lowest BCUT2D eigenvalue weighted by Gasteiger charge is -2.01. The maximum absolute atomic E-state index is 11.2. The predicted octanol–water partition coefficient (Wildman–Crippen LogP) is 2.14. The molecule has 14 heavy (non-hydrogen) atoms. The van der Waals surface area contributed by atoms with Crippen LogP contribution in [0.15, 0.2) is 36.0 Å². The molecular formula is C10H11ClN2O. The second-order valence-corrected chi connectivity index (χ2v) is 3.32. The van der Waals surface area contributed by atoms with Crippen molar-refractivity contribution in [2.45, 2.75) is 6.92 Å². The molecule has 0 saturated carbocycles. The fourth-order valence-electron chi connectivity index (χ4n) is 0.918. The summed E-state index contributed by atoms with van der Waals surface area (Å²) in [4.78, 5) is 11.2.